The molecule has 1 aliphatic heterocycles. The molecule has 2 aromatic rings. The number of ether oxygens (including phenoxy) is 1. The van der Waals surface area contributed by atoms with Gasteiger partial charge in [-0.25, -0.2) is 8.42 Å². The van der Waals surface area contributed by atoms with E-state index in [9.17, 15) is 26.4 Å². The number of para-hydroxylation sites is 1. The van der Waals surface area contributed by atoms with E-state index in [4.69, 9.17) is 0 Å². The Hall–Kier alpha value is -2.75. The molecule has 0 spiro atoms. The molecule has 2 atom stereocenters. The lowest BCUT2D eigenvalue weighted by Crippen LogP contribution is -2.42. The highest BCUT2D eigenvalue weighted by Crippen LogP contribution is 2.58. The van der Waals surface area contributed by atoms with E-state index in [1.807, 2.05) is 0 Å². The molecule has 2 fully saturated rings. The maximum atomic E-state index is 13.0. The van der Waals surface area contributed by atoms with Crippen molar-refractivity contribution in [3.63, 3.8) is 0 Å². The summed E-state index contributed by atoms with van der Waals surface area (Å²) < 4.78 is 66.1. The third-order valence-corrected chi connectivity index (χ3v) is 7.51. The molecule has 28 heavy (non-hydrogen) atoms. The third kappa shape index (κ3) is 2.97. The molecule has 148 valence electrons. The van der Waals surface area contributed by atoms with Crippen LogP contribution in [-0.2, 0) is 14.8 Å². The fourth-order valence-electron chi connectivity index (χ4n) is 3.54. The average Bonchev–Trinajstić information content (AvgIpc) is 3.32. The van der Waals surface area contributed by atoms with E-state index in [0.29, 0.717) is 5.69 Å². The normalized spacial score (nSPS) is 25.1. The van der Waals surface area contributed by atoms with E-state index in [1.165, 1.54) is 16.4 Å². The Balaban J connectivity index is 1.52. The molecule has 0 bridgehead atoms. The number of anilines is 2. The lowest BCUT2D eigenvalue weighted by molar-refractivity contribution is -0.274. The van der Waals surface area contributed by atoms with E-state index >= 15 is 0 Å². The van der Waals surface area contributed by atoms with E-state index in [-0.39, 0.29) is 24.6 Å². The molecule has 1 aliphatic carbocycles. The lowest BCUT2D eigenvalue weighted by atomic mass is 10.2. The molecule has 1 saturated heterocycles. The van der Waals surface area contributed by atoms with Gasteiger partial charge in [0.15, 0.2) is 4.75 Å². The quantitative estimate of drug-likeness (QED) is 0.837. The Morgan fingerprint density at radius 2 is 1.75 bits per heavy atom. The van der Waals surface area contributed by atoms with Gasteiger partial charge in [-0.15, -0.1) is 13.2 Å². The monoisotopic (exact) mass is 412 g/mol. The number of sulfonamides is 1. The van der Waals surface area contributed by atoms with Crippen molar-refractivity contribution in [1.29, 1.82) is 0 Å². The van der Waals surface area contributed by atoms with Crippen LogP contribution in [0.5, 0.6) is 5.75 Å². The van der Waals surface area contributed by atoms with E-state index < -0.39 is 32.8 Å². The predicted molar refractivity (Wildman–Crippen MR) is 95.3 cm³/mol. The highest BCUT2D eigenvalue weighted by atomic mass is 32.2. The van der Waals surface area contributed by atoms with Gasteiger partial charge < -0.3 is 10.1 Å². The summed E-state index contributed by atoms with van der Waals surface area (Å²) in [6, 6.07) is 13.1. The van der Waals surface area contributed by atoms with E-state index in [2.05, 4.69) is 10.1 Å². The predicted octanol–water partition coefficient (Wildman–Crippen LogP) is 3.13. The summed E-state index contributed by atoms with van der Waals surface area (Å²) in [6.45, 7) is 0.220. The zero-order valence-electron chi connectivity index (χ0n) is 14.3. The van der Waals surface area contributed by atoms with Crippen molar-refractivity contribution < 1.29 is 31.1 Å². The number of halogens is 3. The number of hydrogen-bond donors (Lipinski definition) is 1. The number of amides is 1. The van der Waals surface area contributed by atoms with Gasteiger partial charge in [-0.3, -0.25) is 9.10 Å². The molecular weight excluding hydrogens is 397 g/mol. The molecular formula is C18H15F3N2O4S. The van der Waals surface area contributed by atoms with Gasteiger partial charge in [-0.1, -0.05) is 18.2 Å². The van der Waals surface area contributed by atoms with Crippen molar-refractivity contribution in [2.75, 3.05) is 16.2 Å². The zero-order valence-corrected chi connectivity index (χ0v) is 15.1. The highest BCUT2D eigenvalue weighted by Gasteiger charge is 2.75. The number of fused-ring (bicyclic) bond motifs is 1. The van der Waals surface area contributed by atoms with Gasteiger partial charge in [-0.05, 0) is 42.8 Å². The molecule has 6 nitrogen and oxygen atoms in total. The smallest absolute Gasteiger partial charge is 0.406 e. The molecule has 1 heterocycles. The molecule has 0 aromatic heterocycles. The number of nitrogens with zero attached hydrogens (tertiary/aromatic N) is 1. The van der Waals surface area contributed by atoms with Crippen molar-refractivity contribution in [1.82, 2.24) is 0 Å². The Morgan fingerprint density at radius 1 is 1.11 bits per heavy atom. The van der Waals surface area contributed by atoms with Crippen LogP contribution in [0.25, 0.3) is 0 Å². The summed E-state index contributed by atoms with van der Waals surface area (Å²) in [5.41, 5.74) is 0.684. The number of alkyl halides is 3. The second-order valence-corrected chi connectivity index (χ2v) is 8.81. The van der Waals surface area contributed by atoms with Crippen LogP contribution in [0.3, 0.4) is 0 Å². The molecule has 10 heteroatoms. The van der Waals surface area contributed by atoms with Gasteiger partial charge in [0.25, 0.3) is 0 Å². The number of rotatable bonds is 4. The summed E-state index contributed by atoms with van der Waals surface area (Å²) in [4.78, 5) is 12.8. The van der Waals surface area contributed by atoms with Gasteiger partial charge >= 0.3 is 6.36 Å². The zero-order chi connectivity index (χ0) is 20.2. The van der Waals surface area contributed by atoms with Crippen LogP contribution < -0.4 is 14.4 Å². The number of hydrogen-bond acceptors (Lipinski definition) is 4. The van der Waals surface area contributed by atoms with Crippen LogP contribution in [0.15, 0.2) is 54.6 Å². The summed E-state index contributed by atoms with van der Waals surface area (Å²) in [5.74, 6) is -1.44. The highest BCUT2D eigenvalue weighted by molar-refractivity contribution is 7.95. The Labute approximate surface area is 159 Å². The van der Waals surface area contributed by atoms with Crippen LogP contribution in [0.1, 0.15) is 6.42 Å². The Kier molecular flexibility index (Phi) is 4.07. The molecule has 0 radical (unpaired) electrons. The second-order valence-electron chi connectivity index (χ2n) is 6.69. The summed E-state index contributed by atoms with van der Waals surface area (Å²) in [6.07, 6.45) is -4.59. The SMILES string of the molecule is O=C(Nc1ccc(OC(F)(F)F)cc1)[C@@]12C[C@@H]1CN(c1ccccc1)S2(=O)=O. The van der Waals surface area contributed by atoms with Crippen molar-refractivity contribution in [3.8, 4) is 5.75 Å². The minimum absolute atomic E-state index is 0.188. The van der Waals surface area contributed by atoms with Crippen LogP contribution in [0.2, 0.25) is 0 Å². The standard InChI is InChI=1S/C18H15F3N2O4S/c19-18(20,21)27-15-8-6-13(7-9-15)22-16(24)17-10-12(17)11-23(28(17,25)26)14-4-2-1-3-5-14/h1-9,12H,10-11H2,(H,22,24)/t12-,17-/m1/s1. The Bertz CT molecular complexity index is 1010. The van der Waals surface area contributed by atoms with Crippen LogP contribution >= 0.6 is 0 Å². The maximum Gasteiger partial charge on any atom is 0.573 e. The van der Waals surface area contributed by atoms with E-state index in [0.717, 1.165) is 12.1 Å². The van der Waals surface area contributed by atoms with Gasteiger partial charge in [0.1, 0.15) is 5.75 Å². The van der Waals surface area contributed by atoms with Crippen molar-refractivity contribution in [2.24, 2.45) is 5.92 Å². The van der Waals surface area contributed by atoms with Gasteiger partial charge in [0, 0.05) is 18.2 Å². The number of carbonyl (C=O) groups is 1. The maximum absolute atomic E-state index is 13.0. The fraction of sp³-hybridized carbons (Fsp3) is 0.278. The molecule has 1 saturated carbocycles. The molecule has 1 amide bonds. The summed E-state index contributed by atoms with van der Waals surface area (Å²) in [7, 11) is -3.91. The van der Waals surface area contributed by atoms with Crippen molar-refractivity contribution in [3.05, 3.63) is 54.6 Å². The van der Waals surface area contributed by atoms with Crippen LogP contribution in [0, 0.1) is 5.92 Å². The molecule has 0 unspecified atom stereocenters. The average molecular weight is 412 g/mol. The first kappa shape index (κ1) is 18.6. The van der Waals surface area contributed by atoms with Gasteiger partial charge in [0.05, 0.1) is 5.69 Å². The summed E-state index contributed by atoms with van der Waals surface area (Å²) >= 11 is 0. The first-order valence-electron chi connectivity index (χ1n) is 8.38. The third-order valence-electron chi connectivity index (χ3n) is 4.96. The van der Waals surface area contributed by atoms with Crippen LogP contribution in [-0.4, -0.2) is 32.0 Å². The van der Waals surface area contributed by atoms with Crippen molar-refractivity contribution >= 4 is 27.3 Å². The van der Waals surface area contributed by atoms with Crippen LogP contribution in [0.4, 0.5) is 24.5 Å². The van der Waals surface area contributed by atoms with Crippen molar-refractivity contribution in [2.45, 2.75) is 17.5 Å². The van der Waals surface area contributed by atoms with E-state index in [1.54, 1.807) is 30.3 Å². The Morgan fingerprint density at radius 3 is 2.36 bits per heavy atom. The minimum atomic E-state index is -4.82. The number of nitrogens with one attached hydrogen (secondary N) is 1. The largest absolute Gasteiger partial charge is 0.573 e. The number of carbonyl (C=O) groups excluding carboxylic acids is 1. The molecule has 2 aliphatic rings. The molecule has 4 rings (SSSR count). The summed E-state index contributed by atoms with van der Waals surface area (Å²) in [5, 5.41) is 2.50. The lowest BCUT2D eigenvalue weighted by Gasteiger charge is -2.23. The van der Waals surface area contributed by atoms with Gasteiger partial charge in [-0.2, -0.15) is 0 Å². The topological polar surface area (TPSA) is 75.7 Å². The minimum Gasteiger partial charge on any atom is -0.406 e. The fourth-order valence-corrected chi connectivity index (χ4v) is 5.90. The molecule has 2 aromatic carbocycles. The number of benzene rings is 2. The first-order chi connectivity index (χ1) is 13.1. The molecule has 1 N–H and O–H groups in total. The second kappa shape index (κ2) is 6.13. The van der Waals surface area contributed by atoms with Gasteiger partial charge in [0.2, 0.25) is 15.9 Å². The first-order valence-corrected chi connectivity index (χ1v) is 9.82.